The summed E-state index contributed by atoms with van der Waals surface area (Å²) in [6.45, 7) is 5.26. The van der Waals surface area contributed by atoms with E-state index in [0.29, 0.717) is 38.5 Å². The van der Waals surface area contributed by atoms with Crippen LogP contribution >= 0.6 is 0 Å². The average molecular weight is 306 g/mol. The fourth-order valence-electron chi connectivity index (χ4n) is 3.39. The lowest BCUT2D eigenvalue weighted by atomic mass is 9.88. The second-order valence-electron chi connectivity index (χ2n) is 6.25. The maximum absolute atomic E-state index is 12.7. The number of likely N-dealkylation sites (N-methyl/N-ethyl adjacent to an activating group) is 1. The van der Waals surface area contributed by atoms with E-state index in [1.807, 2.05) is 11.8 Å². The van der Waals surface area contributed by atoms with E-state index in [0.717, 1.165) is 6.42 Å². The van der Waals surface area contributed by atoms with Gasteiger partial charge in [0.25, 0.3) is 5.91 Å². The van der Waals surface area contributed by atoms with Crippen molar-refractivity contribution in [3.63, 3.8) is 0 Å². The molecule has 1 aromatic heterocycles. The van der Waals surface area contributed by atoms with Gasteiger partial charge < -0.3 is 14.5 Å². The van der Waals surface area contributed by atoms with Crippen LogP contribution in [0, 0.1) is 5.41 Å². The van der Waals surface area contributed by atoms with E-state index >= 15 is 0 Å². The summed E-state index contributed by atoms with van der Waals surface area (Å²) >= 11 is 0. The van der Waals surface area contributed by atoms with Gasteiger partial charge in [-0.1, -0.05) is 0 Å². The topological polar surface area (TPSA) is 67.7 Å². The van der Waals surface area contributed by atoms with Crippen molar-refractivity contribution in [3.05, 3.63) is 18.0 Å². The van der Waals surface area contributed by atoms with Crippen LogP contribution in [0.2, 0.25) is 0 Å². The summed E-state index contributed by atoms with van der Waals surface area (Å²) in [5, 5.41) is 4.16. The van der Waals surface area contributed by atoms with Crippen LogP contribution in [-0.4, -0.2) is 71.3 Å². The van der Waals surface area contributed by atoms with E-state index in [1.54, 1.807) is 28.9 Å². The van der Waals surface area contributed by atoms with Gasteiger partial charge >= 0.3 is 0 Å². The molecule has 0 aliphatic carbocycles. The number of carbonyl (C=O) groups excluding carboxylic acids is 2. The van der Waals surface area contributed by atoms with Gasteiger partial charge in [0.1, 0.15) is 12.3 Å². The molecule has 0 N–H and O–H groups in total. The van der Waals surface area contributed by atoms with Crippen LogP contribution in [0.5, 0.6) is 0 Å². The number of rotatable bonds is 2. The molecule has 1 spiro atoms. The number of amides is 2. The first kappa shape index (κ1) is 15.0. The zero-order valence-electron chi connectivity index (χ0n) is 13.1. The number of hydrogen-bond acceptors (Lipinski definition) is 4. The van der Waals surface area contributed by atoms with Gasteiger partial charge in [0.2, 0.25) is 5.91 Å². The third-order valence-electron chi connectivity index (χ3n) is 4.59. The summed E-state index contributed by atoms with van der Waals surface area (Å²) in [4.78, 5) is 28.0. The molecule has 0 aromatic carbocycles. The highest BCUT2D eigenvalue weighted by molar-refractivity contribution is 5.92. The molecule has 22 heavy (non-hydrogen) atoms. The fourth-order valence-corrected chi connectivity index (χ4v) is 3.39. The Balaban J connectivity index is 1.74. The van der Waals surface area contributed by atoms with Crippen molar-refractivity contribution in [1.82, 2.24) is 19.6 Å². The van der Waals surface area contributed by atoms with Gasteiger partial charge in [0.05, 0.1) is 6.61 Å². The second kappa shape index (κ2) is 5.72. The highest BCUT2D eigenvalue weighted by atomic mass is 16.5. The molecule has 0 bridgehead atoms. The maximum atomic E-state index is 12.7. The van der Waals surface area contributed by atoms with Crippen LogP contribution in [0.15, 0.2) is 12.3 Å². The number of carbonyl (C=O) groups is 2. The Labute approximate surface area is 129 Å². The van der Waals surface area contributed by atoms with Crippen molar-refractivity contribution in [2.75, 3.05) is 39.9 Å². The normalized spacial score (nSPS) is 25.8. The van der Waals surface area contributed by atoms with Crippen molar-refractivity contribution < 1.29 is 14.3 Å². The van der Waals surface area contributed by atoms with Gasteiger partial charge in [-0.3, -0.25) is 14.3 Å². The molecule has 7 heteroatoms. The third kappa shape index (κ3) is 2.61. The van der Waals surface area contributed by atoms with E-state index in [4.69, 9.17) is 4.74 Å². The van der Waals surface area contributed by atoms with Crippen LogP contribution in [0.4, 0.5) is 0 Å². The Kier molecular flexibility index (Phi) is 3.90. The van der Waals surface area contributed by atoms with Crippen LogP contribution in [0.1, 0.15) is 23.8 Å². The van der Waals surface area contributed by atoms with Gasteiger partial charge in [-0.15, -0.1) is 0 Å². The predicted molar refractivity (Wildman–Crippen MR) is 79.3 cm³/mol. The Morgan fingerprint density at radius 3 is 3.05 bits per heavy atom. The molecule has 0 saturated carbocycles. The lowest BCUT2D eigenvalue weighted by molar-refractivity contribution is -0.132. The van der Waals surface area contributed by atoms with Crippen LogP contribution in [-0.2, 0) is 16.1 Å². The maximum Gasteiger partial charge on any atom is 0.272 e. The molecule has 1 atom stereocenters. The number of hydrogen-bond donors (Lipinski definition) is 0. The molecule has 3 rings (SSSR count). The van der Waals surface area contributed by atoms with E-state index in [2.05, 4.69) is 5.10 Å². The number of aryl methyl sites for hydroxylation is 1. The van der Waals surface area contributed by atoms with Gasteiger partial charge in [-0.2, -0.15) is 5.10 Å². The minimum Gasteiger partial charge on any atom is -0.371 e. The third-order valence-corrected chi connectivity index (χ3v) is 4.59. The number of likely N-dealkylation sites (tertiary alicyclic amines) is 1. The molecule has 2 fully saturated rings. The molecular formula is C15H22N4O3. The monoisotopic (exact) mass is 306 g/mol. The quantitative estimate of drug-likeness (QED) is 0.784. The first-order valence-corrected chi connectivity index (χ1v) is 7.67. The second-order valence-corrected chi connectivity index (χ2v) is 6.25. The highest BCUT2D eigenvalue weighted by Crippen LogP contribution is 2.33. The molecule has 2 saturated heterocycles. The van der Waals surface area contributed by atoms with Crippen molar-refractivity contribution in [1.29, 1.82) is 0 Å². The average Bonchev–Trinajstić information content (AvgIpc) is 3.10. The summed E-state index contributed by atoms with van der Waals surface area (Å²) in [5.74, 6) is 0.0140. The largest absolute Gasteiger partial charge is 0.371 e. The lowest BCUT2D eigenvalue weighted by Crippen LogP contribution is -2.41. The molecule has 2 aliphatic rings. The van der Waals surface area contributed by atoms with Gasteiger partial charge in [0.15, 0.2) is 0 Å². The van der Waals surface area contributed by atoms with Gasteiger partial charge in [-0.25, -0.2) is 0 Å². The Hall–Kier alpha value is -1.89. The zero-order chi connectivity index (χ0) is 15.7. The molecule has 7 nitrogen and oxygen atoms in total. The van der Waals surface area contributed by atoms with E-state index in [-0.39, 0.29) is 23.8 Å². The minimum absolute atomic E-state index is 0.00529. The van der Waals surface area contributed by atoms with Gasteiger partial charge in [0, 0.05) is 44.8 Å². The molecule has 2 aliphatic heterocycles. The number of aromatic nitrogens is 2. The Morgan fingerprint density at radius 2 is 2.27 bits per heavy atom. The van der Waals surface area contributed by atoms with Crippen molar-refractivity contribution >= 4 is 11.8 Å². The molecule has 1 aromatic rings. The zero-order valence-corrected chi connectivity index (χ0v) is 13.1. The Morgan fingerprint density at radius 1 is 1.45 bits per heavy atom. The summed E-state index contributed by atoms with van der Waals surface area (Å²) in [6.07, 6.45) is 2.51. The van der Waals surface area contributed by atoms with Crippen LogP contribution in [0.25, 0.3) is 0 Å². The molecule has 0 radical (unpaired) electrons. The fraction of sp³-hybridized carbons (Fsp3) is 0.667. The van der Waals surface area contributed by atoms with E-state index in [9.17, 15) is 9.59 Å². The highest BCUT2D eigenvalue weighted by Gasteiger charge is 2.43. The molecule has 1 unspecified atom stereocenters. The lowest BCUT2D eigenvalue weighted by Gasteiger charge is -2.29. The summed E-state index contributed by atoms with van der Waals surface area (Å²) < 4.78 is 7.25. The summed E-state index contributed by atoms with van der Waals surface area (Å²) in [6, 6.07) is 1.76. The molecule has 3 heterocycles. The molecule has 2 amide bonds. The van der Waals surface area contributed by atoms with Crippen molar-refractivity contribution in [2.45, 2.75) is 19.9 Å². The van der Waals surface area contributed by atoms with E-state index < -0.39 is 0 Å². The van der Waals surface area contributed by atoms with E-state index in [1.165, 1.54) is 0 Å². The van der Waals surface area contributed by atoms with Gasteiger partial charge in [-0.05, 0) is 19.4 Å². The number of ether oxygens (including phenoxy) is 1. The predicted octanol–water partition coefficient (Wildman–Crippen LogP) is 0.224. The Bertz CT molecular complexity index is 585. The first-order chi connectivity index (χ1) is 10.5. The minimum atomic E-state index is -0.145. The SMILES string of the molecule is CCn1nccc1C(=O)N1CCC2(COCC(=O)N(C)C2)C1. The summed E-state index contributed by atoms with van der Waals surface area (Å²) in [7, 11) is 1.80. The number of nitrogens with zero attached hydrogens (tertiary/aromatic N) is 4. The summed E-state index contributed by atoms with van der Waals surface area (Å²) in [5.41, 5.74) is 0.478. The standard InChI is InChI=1S/C15H22N4O3/c1-3-19-12(4-6-16-19)14(21)18-7-5-15(10-18)9-17(2)13(20)8-22-11-15/h4,6H,3,5,7-11H2,1-2H3. The first-order valence-electron chi connectivity index (χ1n) is 7.67. The van der Waals surface area contributed by atoms with Crippen molar-refractivity contribution in [2.24, 2.45) is 5.41 Å². The smallest absolute Gasteiger partial charge is 0.272 e. The molecular weight excluding hydrogens is 284 g/mol. The van der Waals surface area contributed by atoms with Crippen LogP contribution in [0.3, 0.4) is 0 Å². The molecule has 120 valence electrons. The van der Waals surface area contributed by atoms with Crippen LogP contribution < -0.4 is 0 Å². The van der Waals surface area contributed by atoms with Crippen molar-refractivity contribution in [3.8, 4) is 0 Å².